The number of hydrogen-bond donors (Lipinski definition) is 1. The second kappa shape index (κ2) is 10.8. The van der Waals surface area contributed by atoms with Crippen molar-refractivity contribution >= 4 is 12.7 Å². The highest BCUT2D eigenvalue weighted by atomic mass is 16.5. The first-order chi connectivity index (χ1) is 19.6. The van der Waals surface area contributed by atoms with Crippen LogP contribution in [0.3, 0.4) is 0 Å². The average molecular weight is 524 g/mol. The van der Waals surface area contributed by atoms with E-state index in [1.54, 1.807) is 0 Å². The van der Waals surface area contributed by atoms with Crippen LogP contribution in [0, 0.1) is 0 Å². The first-order valence-corrected chi connectivity index (χ1v) is 13.3. The lowest BCUT2D eigenvalue weighted by molar-refractivity contribution is 0.340. The van der Waals surface area contributed by atoms with Gasteiger partial charge in [0.05, 0.1) is 34.2 Å². The lowest BCUT2D eigenvalue weighted by Gasteiger charge is -2.15. The van der Waals surface area contributed by atoms with Gasteiger partial charge < -0.3 is 9.30 Å². The molecule has 40 heavy (non-hydrogen) atoms. The number of H-pyrrole nitrogens is 1. The van der Waals surface area contributed by atoms with Crippen LogP contribution in [0.1, 0.15) is 12.5 Å². The third-order valence-corrected chi connectivity index (χ3v) is 6.87. The maximum absolute atomic E-state index is 13.6. The molecule has 0 saturated carbocycles. The molecule has 2 aromatic heterocycles. The first-order valence-electron chi connectivity index (χ1n) is 13.3. The van der Waals surface area contributed by atoms with Gasteiger partial charge in [0.25, 0.3) is 5.56 Å². The van der Waals surface area contributed by atoms with Crippen molar-refractivity contribution in [2.24, 2.45) is 0 Å². The van der Waals surface area contributed by atoms with Gasteiger partial charge in [0.1, 0.15) is 5.75 Å². The monoisotopic (exact) mass is 523 g/mol. The van der Waals surface area contributed by atoms with Gasteiger partial charge in [-0.25, -0.2) is 4.68 Å². The number of aromatic nitrogens is 3. The summed E-state index contributed by atoms with van der Waals surface area (Å²) in [4.78, 5) is 13.6. The molecular weight excluding hydrogens is 494 g/mol. The van der Waals surface area contributed by atoms with Crippen molar-refractivity contribution < 1.29 is 4.74 Å². The van der Waals surface area contributed by atoms with E-state index in [1.807, 2.05) is 91.9 Å². The van der Waals surface area contributed by atoms with Gasteiger partial charge in [-0.1, -0.05) is 85.4 Å². The summed E-state index contributed by atoms with van der Waals surface area (Å²) in [5, 5.41) is 4.23. The zero-order chi connectivity index (χ0) is 27.5. The van der Waals surface area contributed by atoms with Crippen molar-refractivity contribution in [2.75, 3.05) is 6.61 Å². The third-order valence-electron chi connectivity index (χ3n) is 6.87. The lowest BCUT2D eigenvalue weighted by atomic mass is 10.1. The maximum atomic E-state index is 13.6. The van der Waals surface area contributed by atoms with Crippen LogP contribution in [0.4, 0.5) is 0 Å². The number of nitrogens with zero attached hydrogens (tertiary/aromatic N) is 2. The van der Waals surface area contributed by atoms with Crippen LogP contribution < -0.4 is 20.9 Å². The van der Waals surface area contributed by atoms with E-state index >= 15 is 0 Å². The van der Waals surface area contributed by atoms with Crippen molar-refractivity contribution in [3.05, 3.63) is 148 Å². The maximum Gasteiger partial charge on any atom is 0.279 e. The number of benzene rings is 4. The van der Waals surface area contributed by atoms with Crippen molar-refractivity contribution in [3.63, 3.8) is 0 Å². The van der Waals surface area contributed by atoms with Gasteiger partial charge in [0.15, 0.2) is 0 Å². The van der Waals surface area contributed by atoms with Crippen LogP contribution in [0.25, 0.3) is 46.5 Å². The van der Waals surface area contributed by atoms with Gasteiger partial charge in [-0.05, 0) is 66.6 Å². The van der Waals surface area contributed by atoms with Crippen LogP contribution in [0.2, 0.25) is 0 Å². The summed E-state index contributed by atoms with van der Waals surface area (Å²) in [5.74, 6) is 0.822. The molecule has 6 aromatic rings. The fourth-order valence-corrected chi connectivity index (χ4v) is 5.04. The molecule has 5 heteroatoms. The molecule has 4 aromatic carbocycles. The van der Waals surface area contributed by atoms with Gasteiger partial charge >= 0.3 is 0 Å². The van der Waals surface area contributed by atoms with Crippen molar-refractivity contribution in [2.45, 2.75) is 6.92 Å². The number of hydrogen-bond acceptors (Lipinski definition) is 2. The van der Waals surface area contributed by atoms with Gasteiger partial charge in [-0.15, -0.1) is 0 Å². The Hall–Kier alpha value is -5.29. The predicted molar refractivity (Wildman–Crippen MR) is 163 cm³/mol. The highest BCUT2D eigenvalue weighted by molar-refractivity contribution is 5.82. The topological polar surface area (TPSA) is 52.0 Å². The zero-order valence-electron chi connectivity index (χ0n) is 22.2. The number of nitrogens with one attached hydrogen (secondary N) is 1. The normalized spacial score (nSPS) is 11.6. The van der Waals surface area contributed by atoms with E-state index in [4.69, 9.17) is 4.74 Å². The molecule has 2 heterocycles. The smallest absolute Gasteiger partial charge is 0.279 e. The van der Waals surface area contributed by atoms with E-state index in [0.29, 0.717) is 17.2 Å². The van der Waals surface area contributed by atoms with E-state index in [-0.39, 0.29) is 5.56 Å². The first kappa shape index (κ1) is 25.0. The Kier molecular flexibility index (Phi) is 6.77. The Morgan fingerprint density at radius 2 is 1.38 bits per heavy atom. The average Bonchev–Trinajstić information content (AvgIpc) is 3.52. The third kappa shape index (κ3) is 4.69. The Balaban J connectivity index is 1.65. The SMILES string of the molecule is C=c1[nH]n(-c2ccccc2)c(=O)/c1=C/c1cc(-c2ccccc2)n(-c2ccc(OCC)cc2)c1-c1ccccc1. The molecule has 0 aliphatic rings. The molecule has 0 saturated heterocycles. The second-order valence-corrected chi connectivity index (χ2v) is 9.45. The highest BCUT2D eigenvalue weighted by Crippen LogP contribution is 2.36. The minimum absolute atomic E-state index is 0.148. The minimum atomic E-state index is -0.148. The fourth-order valence-electron chi connectivity index (χ4n) is 5.04. The molecule has 0 aliphatic carbocycles. The van der Waals surface area contributed by atoms with Crippen molar-refractivity contribution in [1.82, 2.24) is 14.3 Å². The molecular formula is C35H29N3O2. The Labute approximate surface area is 232 Å². The van der Waals surface area contributed by atoms with Crippen LogP contribution in [-0.2, 0) is 0 Å². The Bertz CT molecular complexity index is 1920. The van der Waals surface area contributed by atoms with Gasteiger partial charge in [-0.2, -0.15) is 0 Å². The molecule has 1 N–H and O–H groups in total. The fraction of sp³-hybridized carbons (Fsp3) is 0.0571. The lowest BCUT2D eigenvalue weighted by Crippen LogP contribution is -2.34. The van der Waals surface area contributed by atoms with Crippen molar-refractivity contribution in [1.29, 1.82) is 0 Å². The molecule has 0 radical (unpaired) electrons. The molecule has 5 nitrogen and oxygen atoms in total. The highest BCUT2D eigenvalue weighted by Gasteiger charge is 2.19. The summed E-state index contributed by atoms with van der Waals surface area (Å²) in [6, 6.07) is 40.3. The summed E-state index contributed by atoms with van der Waals surface area (Å²) >= 11 is 0. The molecule has 0 atom stereocenters. The molecule has 0 fully saturated rings. The molecule has 0 bridgehead atoms. The number of aromatic amines is 1. The molecule has 0 unspecified atom stereocenters. The summed E-state index contributed by atoms with van der Waals surface area (Å²) in [6.07, 6.45) is 1.94. The van der Waals surface area contributed by atoms with E-state index in [2.05, 4.69) is 58.7 Å². The molecule has 6 rings (SSSR count). The number of ether oxygens (including phenoxy) is 1. The summed E-state index contributed by atoms with van der Waals surface area (Å²) in [5.41, 5.74) is 6.62. The Morgan fingerprint density at radius 1 is 0.775 bits per heavy atom. The molecule has 0 amide bonds. The van der Waals surface area contributed by atoms with Gasteiger partial charge in [0, 0.05) is 11.3 Å². The van der Waals surface area contributed by atoms with E-state index in [0.717, 1.165) is 45.2 Å². The van der Waals surface area contributed by atoms with Crippen LogP contribution >= 0.6 is 0 Å². The number of para-hydroxylation sites is 1. The number of rotatable bonds is 7. The molecule has 0 aliphatic heterocycles. The van der Waals surface area contributed by atoms with Gasteiger partial charge in [-0.3, -0.25) is 9.89 Å². The molecule has 196 valence electrons. The second-order valence-electron chi connectivity index (χ2n) is 9.45. The standard InChI is InChI=1S/C35H29N3O2/c1-3-40-31-21-19-29(20-22-31)37-33(26-13-7-4-8-14-26)24-28(34(37)27-15-9-5-10-16-27)23-32-25(2)36-38(35(32)39)30-17-11-6-12-18-30/h4-24,36H,2-3H2,1H3/b32-23+. The summed E-state index contributed by atoms with van der Waals surface area (Å²) < 4.78 is 9.50. The van der Waals surface area contributed by atoms with E-state index < -0.39 is 0 Å². The predicted octanol–water partition coefficient (Wildman–Crippen LogP) is 5.93. The van der Waals surface area contributed by atoms with E-state index in [1.165, 1.54) is 4.68 Å². The van der Waals surface area contributed by atoms with Crippen molar-refractivity contribution in [3.8, 4) is 39.6 Å². The zero-order valence-corrected chi connectivity index (χ0v) is 22.2. The summed E-state index contributed by atoms with van der Waals surface area (Å²) in [6.45, 7) is 6.76. The van der Waals surface area contributed by atoms with Gasteiger partial charge in [0.2, 0.25) is 0 Å². The quantitative estimate of drug-likeness (QED) is 0.282. The molecule has 0 spiro atoms. The summed E-state index contributed by atoms with van der Waals surface area (Å²) in [7, 11) is 0. The Morgan fingerprint density at radius 3 is 2.00 bits per heavy atom. The largest absolute Gasteiger partial charge is 0.494 e. The van der Waals surface area contributed by atoms with E-state index in [9.17, 15) is 4.79 Å². The minimum Gasteiger partial charge on any atom is -0.494 e. The van der Waals surface area contributed by atoms with Crippen LogP contribution in [-0.4, -0.2) is 21.0 Å². The van der Waals surface area contributed by atoms with Crippen LogP contribution in [0.5, 0.6) is 5.75 Å². The van der Waals surface area contributed by atoms with Crippen LogP contribution in [0.15, 0.2) is 126 Å².